The van der Waals surface area contributed by atoms with Gasteiger partial charge >= 0.3 is 6.09 Å². The number of amides is 1. The number of anilines is 1. The number of nitrogens with zero attached hydrogens (tertiary/aromatic N) is 1. The number of hydrogen-bond donors (Lipinski definition) is 4. The highest BCUT2D eigenvalue weighted by molar-refractivity contribution is 5.84. The molecule has 7 nitrogen and oxygen atoms in total. The molecule has 0 fully saturated rings. The molecular weight excluding hydrogens is 392 g/mol. The maximum absolute atomic E-state index is 11.8. The summed E-state index contributed by atoms with van der Waals surface area (Å²) in [7, 11) is 0. The van der Waals surface area contributed by atoms with Crippen molar-refractivity contribution in [3.8, 4) is 5.75 Å². The minimum absolute atomic E-state index is 0.283. The molecule has 0 bridgehead atoms. The monoisotopic (exact) mass is 426 g/mol. The number of nitrogens with one attached hydrogen (secondary N) is 3. The number of phenolic OH excluding ortho intramolecular Hbond substituents is 1. The lowest BCUT2D eigenvalue weighted by atomic mass is 10.1. The molecule has 0 aliphatic carbocycles. The second-order valence-electron chi connectivity index (χ2n) is 8.18. The minimum atomic E-state index is -0.525. The van der Waals surface area contributed by atoms with Crippen LogP contribution < -0.4 is 16.0 Å². The van der Waals surface area contributed by atoms with E-state index >= 15 is 0 Å². The van der Waals surface area contributed by atoms with Gasteiger partial charge in [-0.25, -0.2) is 4.79 Å². The van der Waals surface area contributed by atoms with Gasteiger partial charge in [0.15, 0.2) is 5.96 Å². The SMILES string of the molecule is CCNC(=NCCc1ccc(NC(=O)OC(C)(C)C)cc1)NCCc1cccc(O)c1. The molecule has 1 amide bonds. The van der Waals surface area contributed by atoms with E-state index in [1.54, 1.807) is 12.1 Å². The van der Waals surface area contributed by atoms with Crippen molar-refractivity contribution in [2.24, 2.45) is 4.99 Å². The molecular formula is C24H34N4O3. The van der Waals surface area contributed by atoms with Crippen molar-refractivity contribution in [3.05, 3.63) is 59.7 Å². The summed E-state index contributed by atoms with van der Waals surface area (Å²) in [6.45, 7) is 9.67. The molecule has 2 rings (SSSR count). The summed E-state index contributed by atoms with van der Waals surface area (Å²) in [5.41, 5.74) is 2.38. The van der Waals surface area contributed by atoms with Crippen LogP contribution in [0, 0.1) is 0 Å². The van der Waals surface area contributed by atoms with Gasteiger partial charge in [0.1, 0.15) is 11.4 Å². The highest BCUT2D eigenvalue weighted by atomic mass is 16.6. The van der Waals surface area contributed by atoms with Gasteiger partial charge in [0, 0.05) is 25.3 Å². The molecule has 2 aromatic carbocycles. The van der Waals surface area contributed by atoms with E-state index in [9.17, 15) is 9.90 Å². The lowest BCUT2D eigenvalue weighted by Crippen LogP contribution is -2.38. The van der Waals surface area contributed by atoms with Gasteiger partial charge in [-0.3, -0.25) is 10.3 Å². The molecule has 0 aliphatic rings. The topological polar surface area (TPSA) is 95.0 Å². The Morgan fingerprint density at radius 1 is 1.03 bits per heavy atom. The average molecular weight is 427 g/mol. The number of rotatable bonds is 8. The molecule has 0 saturated heterocycles. The van der Waals surface area contributed by atoms with Crippen molar-refractivity contribution in [3.63, 3.8) is 0 Å². The summed E-state index contributed by atoms with van der Waals surface area (Å²) in [5, 5.41) is 18.8. The average Bonchev–Trinajstić information content (AvgIpc) is 2.68. The number of aromatic hydroxyl groups is 1. The number of ether oxygens (including phenoxy) is 1. The van der Waals surface area contributed by atoms with Crippen LogP contribution in [0.5, 0.6) is 5.75 Å². The van der Waals surface area contributed by atoms with Crippen LogP contribution >= 0.6 is 0 Å². The number of carbonyl (C=O) groups is 1. The quantitative estimate of drug-likeness (QED) is 0.377. The Morgan fingerprint density at radius 3 is 2.42 bits per heavy atom. The lowest BCUT2D eigenvalue weighted by molar-refractivity contribution is 0.0636. The molecule has 4 N–H and O–H groups in total. The highest BCUT2D eigenvalue weighted by Crippen LogP contribution is 2.13. The van der Waals surface area contributed by atoms with Crippen LogP contribution in [-0.4, -0.2) is 42.4 Å². The molecule has 31 heavy (non-hydrogen) atoms. The summed E-state index contributed by atoms with van der Waals surface area (Å²) in [4.78, 5) is 16.5. The van der Waals surface area contributed by atoms with Gasteiger partial charge in [-0.05, 0) is 75.9 Å². The van der Waals surface area contributed by atoms with Crippen LogP contribution in [0.2, 0.25) is 0 Å². The first-order valence-electron chi connectivity index (χ1n) is 10.6. The Morgan fingerprint density at radius 2 is 1.77 bits per heavy atom. The van der Waals surface area contributed by atoms with Crippen LogP contribution in [0.4, 0.5) is 10.5 Å². The van der Waals surface area contributed by atoms with E-state index in [-0.39, 0.29) is 5.75 Å². The fourth-order valence-electron chi connectivity index (χ4n) is 2.85. The summed E-state index contributed by atoms with van der Waals surface area (Å²) in [6.07, 6.45) is 1.12. The Kier molecular flexibility index (Phi) is 9.18. The van der Waals surface area contributed by atoms with E-state index in [0.29, 0.717) is 12.2 Å². The van der Waals surface area contributed by atoms with Crippen molar-refractivity contribution < 1.29 is 14.6 Å². The summed E-state index contributed by atoms with van der Waals surface area (Å²) in [5.74, 6) is 1.05. The maximum atomic E-state index is 11.8. The summed E-state index contributed by atoms with van der Waals surface area (Å²) >= 11 is 0. The van der Waals surface area contributed by atoms with Crippen molar-refractivity contribution in [2.45, 2.75) is 46.1 Å². The highest BCUT2D eigenvalue weighted by Gasteiger charge is 2.16. The minimum Gasteiger partial charge on any atom is -0.508 e. The molecule has 168 valence electrons. The summed E-state index contributed by atoms with van der Waals surface area (Å²) < 4.78 is 5.26. The molecule has 0 unspecified atom stereocenters. The molecule has 0 atom stereocenters. The summed E-state index contributed by atoms with van der Waals surface area (Å²) in [6, 6.07) is 15.0. The first-order valence-corrected chi connectivity index (χ1v) is 10.6. The van der Waals surface area contributed by atoms with Crippen molar-refractivity contribution >= 4 is 17.7 Å². The zero-order chi connectivity index (χ0) is 22.7. The predicted molar refractivity (Wildman–Crippen MR) is 126 cm³/mol. The molecule has 7 heteroatoms. The third-order valence-electron chi connectivity index (χ3n) is 4.23. The smallest absolute Gasteiger partial charge is 0.412 e. The molecule has 0 aliphatic heterocycles. The largest absolute Gasteiger partial charge is 0.508 e. The zero-order valence-corrected chi connectivity index (χ0v) is 18.9. The predicted octanol–water partition coefficient (Wildman–Crippen LogP) is 4.08. The van der Waals surface area contributed by atoms with Gasteiger partial charge in [0.25, 0.3) is 0 Å². The van der Waals surface area contributed by atoms with E-state index < -0.39 is 11.7 Å². The van der Waals surface area contributed by atoms with E-state index in [4.69, 9.17) is 4.74 Å². The van der Waals surface area contributed by atoms with Gasteiger partial charge in [-0.1, -0.05) is 24.3 Å². The molecule has 0 saturated carbocycles. The fraction of sp³-hybridized carbons (Fsp3) is 0.417. The number of aliphatic imine (C=N–C) groups is 1. The number of carbonyl (C=O) groups excluding carboxylic acids is 1. The van der Waals surface area contributed by atoms with Gasteiger partial charge in [-0.2, -0.15) is 0 Å². The Labute approximate surface area is 184 Å². The van der Waals surface area contributed by atoms with E-state index in [1.165, 1.54) is 0 Å². The van der Waals surface area contributed by atoms with Gasteiger partial charge in [0.2, 0.25) is 0 Å². The van der Waals surface area contributed by atoms with Crippen LogP contribution in [0.15, 0.2) is 53.5 Å². The third kappa shape index (κ3) is 9.89. The Balaban J connectivity index is 1.80. The van der Waals surface area contributed by atoms with Crippen LogP contribution in [0.3, 0.4) is 0 Å². The number of guanidine groups is 1. The van der Waals surface area contributed by atoms with Crippen molar-refractivity contribution in [1.82, 2.24) is 10.6 Å². The fourth-order valence-corrected chi connectivity index (χ4v) is 2.85. The molecule has 0 radical (unpaired) electrons. The number of phenols is 1. The second kappa shape index (κ2) is 11.8. The third-order valence-corrected chi connectivity index (χ3v) is 4.23. The van der Waals surface area contributed by atoms with E-state index in [1.807, 2.05) is 64.1 Å². The zero-order valence-electron chi connectivity index (χ0n) is 18.9. The van der Waals surface area contributed by atoms with E-state index in [2.05, 4.69) is 20.9 Å². The van der Waals surface area contributed by atoms with Crippen LogP contribution in [0.25, 0.3) is 0 Å². The standard InChI is InChI=1S/C24H34N4O3/c1-5-25-22(27-16-14-19-7-6-8-21(29)17-19)26-15-13-18-9-11-20(12-10-18)28-23(30)31-24(2,3)4/h6-12,17,29H,5,13-16H2,1-4H3,(H,28,30)(H2,25,26,27). The number of hydrogen-bond acceptors (Lipinski definition) is 4. The number of benzene rings is 2. The lowest BCUT2D eigenvalue weighted by Gasteiger charge is -2.19. The van der Waals surface area contributed by atoms with Crippen molar-refractivity contribution in [2.75, 3.05) is 25.0 Å². The van der Waals surface area contributed by atoms with Crippen LogP contribution in [-0.2, 0) is 17.6 Å². The molecule has 0 heterocycles. The first kappa shape index (κ1) is 24.1. The van der Waals surface area contributed by atoms with Gasteiger partial charge in [0.05, 0.1) is 0 Å². The van der Waals surface area contributed by atoms with Gasteiger partial charge < -0.3 is 20.5 Å². The first-order chi connectivity index (χ1) is 14.7. The normalized spacial score (nSPS) is 11.7. The van der Waals surface area contributed by atoms with Crippen molar-refractivity contribution in [1.29, 1.82) is 0 Å². The van der Waals surface area contributed by atoms with Gasteiger partial charge in [-0.15, -0.1) is 0 Å². The Bertz CT molecular complexity index is 858. The maximum Gasteiger partial charge on any atom is 0.412 e. The Hall–Kier alpha value is -3.22. The second-order valence-corrected chi connectivity index (χ2v) is 8.18. The van der Waals surface area contributed by atoms with Crippen LogP contribution in [0.1, 0.15) is 38.8 Å². The molecule has 0 aromatic heterocycles. The van der Waals surface area contributed by atoms with E-state index in [0.717, 1.165) is 43.0 Å². The molecule has 2 aromatic rings. The molecule has 0 spiro atoms.